The first-order chi connectivity index (χ1) is 14.0. The maximum atomic E-state index is 12.7. The molecule has 150 valence electrons. The number of rotatable bonds is 5. The topological polar surface area (TPSA) is 59.3 Å². The van der Waals surface area contributed by atoms with E-state index in [1.54, 1.807) is 25.4 Å². The number of carbonyl (C=O) groups excluding carboxylic acids is 1. The number of nitrogens with one attached hydrogen (secondary N) is 1. The highest BCUT2D eigenvalue weighted by Crippen LogP contribution is 2.27. The lowest BCUT2D eigenvalue weighted by Crippen LogP contribution is -2.42. The van der Waals surface area contributed by atoms with Gasteiger partial charge in [0.25, 0.3) is 11.5 Å². The molecule has 0 bridgehead atoms. The minimum Gasteiger partial charge on any atom is -0.353 e. The van der Waals surface area contributed by atoms with E-state index in [-0.39, 0.29) is 23.1 Å². The lowest BCUT2D eigenvalue weighted by Gasteiger charge is -2.36. The normalized spacial score (nSPS) is 15.0. The Balaban J connectivity index is 1.56. The molecule has 1 atom stereocenters. The van der Waals surface area contributed by atoms with Crippen LogP contribution in [0.1, 0.15) is 33.2 Å². The number of amides is 1. The van der Waals surface area contributed by atoms with Gasteiger partial charge in [0.2, 0.25) is 0 Å². The summed E-state index contributed by atoms with van der Waals surface area (Å²) in [7, 11) is 3.67. The number of carbonyl (C=O) groups is 1. The molecule has 1 N–H and O–H groups in total. The minimum absolute atomic E-state index is 0.0277. The molecule has 4 rings (SSSR count). The number of hydrogen-bond donors (Lipinski definition) is 1. The fourth-order valence-corrected chi connectivity index (χ4v) is 4.08. The summed E-state index contributed by atoms with van der Waals surface area (Å²) in [6, 6.07) is 16.0. The summed E-state index contributed by atoms with van der Waals surface area (Å²) >= 11 is 0. The lowest BCUT2D eigenvalue weighted by molar-refractivity contribution is 0.0923. The molecule has 1 aliphatic heterocycles. The van der Waals surface area contributed by atoms with Crippen LogP contribution in [-0.4, -0.2) is 33.0 Å². The molecule has 3 heterocycles. The van der Waals surface area contributed by atoms with E-state index in [1.807, 2.05) is 19.3 Å². The summed E-state index contributed by atoms with van der Waals surface area (Å²) in [5, 5.41) is 3.00. The Kier molecular flexibility index (Phi) is 5.36. The van der Waals surface area contributed by atoms with E-state index in [0.717, 1.165) is 25.2 Å². The van der Waals surface area contributed by atoms with Crippen molar-refractivity contribution in [2.75, 3.05) is 13.1 Å². The second-order valence-electron chi connectivity index (χ2n) is 7.60. The molecule has 1 aromatic carbocycles. The Morgan fingerprint density at radius 3 is 2.48 bits per heavy atom. The maximum absolute atomic E-state index is 12.7. The van der Waals surface area contributed by atoms with E-state index in [4.69, 9.17) is 0 Å². The van der Waals surface area contributed by atoms with Crippen molar-refractivity contribution in [2.24, 2.45) is 14.1 Å². The van der Waals surface area contributed by atoms with Crippen molar-refractivity contribution in [1.29, 1.82) is 0 Å². The Morgan fingerprint density at radius 1 is 1.00 bits per heavy atom. The predicted octanol–water partition coefficient (Wildman–Crippen LogP) is 2.25. The van der Waals surface area contributed by atoms with Gasteiger partial charge in [-0.15, -0.1) is 0 Å². The first kappa shape index (κ1) is 19.2. The summed E-state index contributed by atoms with van der Waals surface area (Å²) in [4.78, 5) is 27.4. The van der Waals surface area contributed by atoms with E-state index in [0.29, 0.717) is 6.54 Å². The number of aromatic nitrogens is 2. The van der Waals surface area contributed by atoms with Gasteiger partial charge in [-0.2, -0.15) is 0 Å². The van der Waals surface area contributed by atoms with Gasteiger partial charge < -0.3 is 14.5 Å². The van der Waals surface area contributed by atoms with Crippen LogP contribution in [0.3, 0.4) is 0 Å². The van der Waals surface area contributed by atoms with Crippen molar-refractivity contribution in [3.05, 3.63) is 93.7 Å². The highest BCUT2D eigenvalue weighted by atomic mass is 16.2. The largest absolute Gasteiger partial charge is 0.353 e. The second kappa shape index (κ2) is 8.09. The molecule has 0 spiro atoms. The van der Waals surface area contributed by atoms with Gasteiger partial charge in [-0.25, -0.2) is 0 Å². The molecule has 1 amide bonds. The van der Waals surface area contributed by atoms with Crippen LogP contribution >= 0.6 is 0 Å². The molecule has 0 aliphatic carbocycles. The van der Waals surface area contributed by atoms with Gasteiger partial charge in [-0.05, 0) is 41.8 Å². The molecule has 1 unspecified atom stereocenters. The SMILES string of the molecule is Cn1cccc1C(CNC(=O)c1cccn(C)c1=O)N1CCc2ccccc2C1. The van der Waals surface area contributed by atoms with Crippen molar-refractivity contribution in [3.8, 4) is 0 Å². The molecule has 0 fully saturated rings. The van der Waals surface area contributed by atoms with Crippen LogP contribution in [0.15, 0.2) is 65.7 Å². The van der Waals surface area contributed by atoms with Crippen LogP contribution in [-0.2, 0) is 27.1 Å². The number of aryl methyl sites for hydroxylation is 2. The molecule has 6 nitrogen and oxygen atoms in total. The van der Waals surface area contributed by atoms with Gasteiger partial charge in [0.15, 0.2) is 0 Å². The van der Waals surface area contributed by atoms with Crippen LogP contribution < -0.4 is 10.9 Å². The number of fused-ring (bicyclic) bond motifs is 1. The molecule has 2 aromatic heterocycles. The zero-order valence-corrected chi connectivity index (χ0v) is 16.8. The smallest absolute Gasteiger partial charge is 0.263 e. The summed E-state index contributed by atoms with van der Waals surface area (Å²) in [6.07, 6.45) is 4.66. The quantitative estimate of drug-likeness (QED) is 0.727. The second-order valence-corrected chi connectivity index (χ2v) is 7.60. The third-order valence-electron chi connectivity index (χ3n) is 5.75. The van der Waals surface area contributed by atoms with E-state index in [2.05, 4.69) is 45.1 Å². The standard InChI is InChI=1S/C23H26N4O2/c1-25-12-6-10-20(25)21(27-14-11-17-7-3-4-8-18(17)16-27)15-24-22(28)19-9-5-13-26(2)23(19)29/h3-10,12-13,21H,11,14-16H2,1-2H3,(H,24,28). The first-order valence-electron chi connectivity index (χ1n) is 9.90. The fourth-order valence-electron chi connectivity index (χ4n) is 4.08. The molecule has 0 radical (unpaired) electrons. The monoisotopic (exact) mass is 390 g/mol. The fraction of sp³-hybridized carbons (Fsp3) is 0.304. The summed E-state index contributed by atoms with van der Waals surface area (Å²) in [5.74, 6) is -0.331. The third kappa shape index (κ3) is 3.89. The van der Waals surface area contributed by atoms with Crippen molar-refractivity contribution in [1.82, 2.24) is 19.4 Å². The Bertz CT molecular complexity index is 1080. The zero-order chi connectivity index (χ0) is 20.4. The van der Waals surface area contributed by atoms with Crippen LogP contribution in [0, 0.1) is 0 Å². The van der Waals surface area contributed by atoms with Crippen LogP contribution in [0.4, 0.5) is 0 Å². The van der Waals surface area contributed by atoms with E-state index in [1.165, 1.54) is 15.7 Å². The average molecular weight is 390 g/mol. The average Bonchev–Trinajstić information content (AvgIpc) is 3.15. The minimum atomic E-state index is -0.331. The Labute approximate surface area is 170 Å². The summed E-state index contributed by atoms with van der Waals surface area (Å²) < 4.78 is 3.52. The van der Waals surface area contributed by atoms with E-state index >= 15 is 0 Å². The van der Waals surface area contributed by atoms with Gasteiger partial charge in [-0.3, -0.25) is 14.5 Å². The Morgan fingerprint density at radius 2 is 1.72 bits per heavy atom. The van der Waals surface area contributed by atoms with Gasteiger partial charge in [0.05, 0.1) is 6.04 Å². The van der Waals surface area contributed by atoms with Crippen LogP contribution in [0.25, 0.3) is 0 Å². The third-order valence-corrected chi connectivity index (χ3v) is 5.75. The molecular weight excluding hydrogens is 364 g/mol. The van der Waals surface area contributed by atoms with Crippen LogP contribution in [0.2, 0.25) is 0 Å². The number of benzene rings is 1. The first-order valence-corrected chi connectivity index (χ1v) is 9.90. The molecule has 6 heteroatoms. The number of nitrogens with zero attached hydrogens (tertiary/aromatic N) is 3. The molecule has 0 saturated carbocycles. The van der Waals surface area contributed by atoms with Crippen molar-refractivity contribution >= 4 is 5.91 Å². The predicted molar refractivity (Wildman–Crippen MR) is 113 cm³/mol. The Hall–Kier alpha value is -3.12. The summed E-state index contributed by atoms with van der Waals surface area (Å²) in [5.41, 5.74) is 3.76. The molecular formula is C23H26N4O2. The van der Waals surface area contributed by atoms with Gasteiger partial charge in [0, 0.05) is 51.8 Å². The molecule has 1 aliphatic rings. The zero-order valence-electron chi connectivity index (χ0n) is 16.8. The van der Waals surface area contributed by atoms with Crippen molar-refractivity contribution in [3.63, 3.8) is 0 Å². The van der Waals surface area contributed by atoms with Gasteiger partial charge >= 0.3 is 0 Å². The van der Waals surface area contributed by atoms with Gasteiger partial charge in [-0.1, -0.05) is 24.3 Å². The molecule has 3 aromatic rings. The number of pyridine rings is 1. The highest BCUT2D eigenvalue weighted by Gasteiger charge is 2.27. The molecule has 0 saturated heterocycles. The van der Waals surface area contributed by atoms with Crippen molar-refractivity contribution in [2.45, 2.75) is 19.0 Å². The number of hydrogen-bond acceptors (Lipinski definition) is 3. The van der Waals surface area contributed by atoms with Crippen LogP contribution in [0.5, 0.6) is 0 Å². The summed E-state index contributed by atoms with van der Waals surface area (Å²) in [6.45, 7) is 2.21. The lowest BCUT2D eigenvalue weighted by atomic mass is 9.98. The van der Waals surface area contributed by atoms with Gasteiger partial charge in [0.1, 0.15) is 5.56 Å². The van der Waals surface area contributed by atoms with E-state index < -0.39 is 0 Å². The maximum Gasteiger partial charge on any atom is 0.263 e. The van der Waals surface area contributed by atoms with Crippen molar-refractivity contribution < 1.29 is 4.79 Å². The highest BCUT2D eigenvalue weighted by molar-refractivity contribution is 5.93. The molecule has 29 heavy (non-hydrogen) atoms. The van der Waals surface area contributed by atoms with E-state index in [9.17, 15) is 9.59 Å².